The quantitative estimate of drug-likeness (QED) is 0.911. The van der Waals surface area contributed by atoms with E-state index in [0.29, 0.717) is 18.6 Å². The van der Waals surface area contributed by atoms with Crippen LogP contribution < -0.4 is 5.73 Å². The molecule has 1 saturated heterocycles. The molecule has 0 spiro atoms. The molecular weight excluding hydrogens is 244 g/mol. The van der Waals surface area contributed by atoms with E-state index in [-0.39, 0.29) is 0 Å². The fraction of sp³-hybridized carbons (Fsp3) is 0.667. The Kier molecular flexibility index (Phi) is 4.87. The second kappa shape index (κ2) is 6.28. The van der Waals surface area contributed by atoms with Gasteiger partial charge in [-0.2, -0.15) is 0 Å². The average molecular weight is 274 g/mol. The van der Waals surface area contributed by atoms with Gasteiger partial charge in [-0.05, 0) is 50.2 Å². The Morgan fingerprint density at radius 3 is 2.60 bits per heavy atom. The second-order valence-corrected chi connectivity index (χ2v) is 6.87. The number of rotatable bonds is 3. The molecule has 0 aliphatic carbocycles. The van der Waals surface area contributed by atoms with E-state index < -0.39 is 0 Å². The molecule has 0 amide bonds. The van der Waals surface area contributed by atoms with Crippen molar-refractivity contribution in [2.75, 3.05) is 13.1 Å². The maximum Gasteiger partial charge on any atom is 0.0476 e. The molecule has 1 heterocycles. The fourth-order valence-electron chi connectivity index (χ4n) is 3.73. The predicted molar refractivity (Wildman–Crippen MR) is 86.8 cm³/mol. The van der Waals surface area contributed by atoms with Gasteiger partial charge in [0.05, 0.1) is 0 Å². The van der Waals surface area contributed by atoms with Gasteiger partial charge in [0.15, 0.2) is 0 Å². The summed E-state index contributed by atoms with van der Waals surface area (Å²) in [5.74, 6) is 1.51. The molecule has 1 aliphatic rings. The van der Waals surface area contributed by atoms with Crippen molar-refractivity contribution in [1.29, 1.82) is 0 Å². The molecule has 0 saturated carbocycles. The third kappa shape index (κ3) is 3.07. The van der Waals surface area contributed by atoms with E-state index in [1.807, 2.05) is 0 Å². The van der Waals surface area contributed by atoms with Crippen LogP contribution in [0, 0.1) is 25.7 Å². The summed E-state index contributed by atoms with van der Waals surface area (Å²) in [6, 6.07) is 7.71. The van der Waals surface area contributed by atoms with Crippen LogP contribution in [0.15, 0.2) is 18.2 Å². The SMILES string of the molecule is Cc1ccc(C)c(C(CN)N2CC(C)CC(C)C2C)c1. The highest BCUT2D eigenvalue weighted by Gasteiger charge is 2.33. The highest BCUT2D eigenvalue weighted by molar-refractivity contribution is 5.33. The molecule has 20 heavy (non-hydrogen) atoms. The molecule has 1 fully saturated rings. The normalized spacial score (nSPS) is 29.4. The van der Waals surface area contributed by atoms with Gasteiger partial charge in [0.1, 0.15) is 0 Å². The van der Waals surface area contributed by atoms with Crippen molar-refractivity contribution < 1.29 is 0 Å². The highest BCUT2D eigenvalue weighted by Crippen LogP contribution is 2.34. The number of likely N-dealkylation sites (tertiary alicyclic amines) is 1. The van der Waals surface area contributed by atoms with Crippen LogP contribution >= 0.6 is 0 Å². The van der Waals surface area contributed by atoms with Crippen molar-refractivity contribution in [3.05, 3.63) is 34.9 Å². The molecule has 0 radical (unpaired) electrons. The standard InChI is InChI=1S/C18H30N2/c1-12-6-7-14(3)17(9-12)18(10-19)20-11-13(2)8-15(4)16(20)5/h6-7,9,13,15-16,18H,8,10-11,19H2,1-5H3. The first-order valence-electron chi connectivity index (χ1n) is 7.97. The van der Waals surface area contributed by atoms with Gasteiger partial charge < -0.3 is 5.73 Å². The zero-order valence-corrected chi connectivity index (χ0v) is 13.7. The first-order valence-corrected chi connectivity index (χ1v) is 7.97. The Bertz CT molecular complexity index is 455. The molecular formula is C18H30N2. The number of hydrogen-bond acceptors (Lipinski definition) is 2. The maximum absolute atomic E-state index is 6.17. The van der Waals surface area contributed by atoms with Crippen molar-refractivity contribution in [2.24, 2.45) is 17.6 Å². The van der Waals surface area contributed by atoms with Crippen LogP contribution in [0.25, 0.3) is 0 Å². The molecule has 112 valence electrons. The van der Waals surface area contributed by atoms with Gasteiger partial charge in [-0.1, -0.05) is 37.6 Å². The summed E-state index contributed by atoms with van der Waals surface area (Å²) in [6.07, 6.45) is 1.34. The first-order chi connectivity index (χ1) is 9.43. The van der Waals surface area contributed by atoms with E-state index in [2.05, 4.69) is 57.7 Å². The lowest BCUT2D eigenvalue weighted by Gasteiger charge is -2.45. The van der Waals surface area contributed by atoms with Crippen molar-refractivity contribution in [1.82, 2.24) is 4.90 Å². The molecule has 4 unspecified atom stereocenters. The lowest BCUT2D eigenvalue weighted by Crippen LogP contribution is -2.49. The van der Waals surface area contributed by atoms with Crippen molar-refractivity contribution in [3.8, 4) is 0 Å². The van der Waals surface area contributed by atoms with Crippen LogP contribution in [0.5, 0.6) is 0 Å². The number of piperidine rings is 1. The Labute approximate surface area is 124 Å². The lowest BCUT2D eigenvalue weighted by molar-refractivity contribution is 0.0422. The van der Waals surface area contributed by atoms with Crippen molar-refractivity contribution in [3.63, 3.8) is 0 Å². The van der Waals surface area contributed by atoms with Crippen LogP contribution in [-0.2, 0) is 0 Å². The zero-order valence-electron chi connectivity index (χ0n) is 13.7. The van der Waals surface area contributed by atoms with Gasteiger partial charge in [0.2, 0.25) is 0 Å². The van der Waals surface area contributed by atoms with E-state index in [9.17, 15) is 0 Å². The number of aryl methyl sites for hydroxylation is 2. The Morgan fingerprint density at radius 2 is 1.95 bits per heavy atom. The van der Waals surface area contributed by atoms with Gasteiger partial charge in [-0.15, -0.1) is 0 Å². The van der Waals surface area contributed by atoms with Gasteiger partial charge in [-0.3, -0.25) is 4.90 Å². The molecule has 2 heteroatoms. The molecule has 2 rings (SSSR count). The Balaban J connectivity index is 2.33. The summed E-state index contributed by atoms with van der Waals surface area (Å²) in [5.41, 5.74) is 10.3. The minimum Gasteiger partial charge on any atom is -0.329 e. The van der Waals surface area contributed by atoms with Crippen molar-refractivity contribution >= 4 is 0 Å². The molecule has 1 aromatic rings. The van der Waals surface area contributed by atoms with Gasteiger partial charge in [-0.25, -0.2) is 0 Å². The summed E-state index contributed by atoms with van der Waals surface area (Å²) in [7, 11) is 0. The van der Waals surface area contributed by atoms with Gasteiger partial charge in [0.25, 0.3) is 0 Å². The third-order valence-corrected chi connectivity index (χ3v) is 5.06. The molecule has 0 aromatic heterocycles. The minimum absolute atomic E-state index is 0.357. The second-order valence-electron chi connectivity index (χ2n) is 6.87. The van der Waals surface area contributed by atoms with E-state index in [1.54, 1.807) is 0 Å². The zero-order chi connectivity index (χ0) is 14.9. The lowest BCUT2D eigenvalue weighted by atomic mass is 9.83. The fourth-order valence-corrected chi connectivity index (χ4v) is 3.73. The molecule has 2 nitrogen and oxygen atoms in total. The summed E-state index contributed by atoms with van der Waals surface area (Å²) < 4.78 is 0. The molecule has 0 bridgehead atoms. The van der Waals surface area contributed by atoms with Crippen LogP contribution in [-0.4, -0.2) is 24.0 Å². The van der Waals surface area contributed by atoms with E-state index in [0.717, 1.165) is 11.8 Å². The Hall–Kier alpha value is -0.860. The van der Waals surface area contributed by atoms with E-state index in [4.69, 9.17) is 5.73 Å². The molecule has 4 atom stereocenters. The predicted octanol–water partition coefficient (Wildman–Crippen LogP) is 3.67. The molecule has 2 N–H and O–H groups in total. The minimum atomic E-state index is 0.357. The third-order valence-electron chi connectivity index (χ3n) is 5.06. The van der Waals surface area contributed by atoms with Crippen LogP contribution in [0.3, 0.4) is 0 Å². The number of benzene rings is 1. The van der Waals surface area contributed by atoms with Crippen LogP contribution in [0.4, 0.5) is 0 Å². The summed E-state index contributed by atoms with van der Waals surface area (Å²) in [4.78, 5) is 2.64. The summed E-state index contributed by atoms with van der Waals surface area (Å²) in [5, 5.41) is 0. The smallest absolute Gasteiger partial charge is 0.0476 e. The summed E-state index contributed by atoms with van der Waals surface area (Å²) in [6.45, 7) is 13.4. The highest BCUT2D eigenvalue weighted by atomic mass is 15.2. The summed E-state index contributed by atoms with van der Waals surface area (Å²) >= 11 is 0. The van der Waals surface area contributed by atoms with Crippen LogP contribution in [0.1, 0.15) is 49.9 Å². The molecule has 1 aromatic carbocycles. The average Bonchev–Trinajstić information content (AvgIpc) is 2.40. The van der Waals surface area contributed by atoms with E-state index in [1.165, 1.54) is 29.7 Å². The largest absolute Gasteiger partial charge is 0.329 e. The number of hydrogen-bond donors (Lipinski definition) is 1. The number of nitrogens with two attached hydrogens (primary N) is 1. The van der Waals surface area contributed by atoms with Gasteiger partial charge >= 0.3 is 0 Å². The monoisotopic (exact) mass is 274 g/mol. The maximum atomic E-state index is 6.17. The Morgan fingerprint density at radius 1 is 1.25 bits per heavy atom. The first kappa shape index (κ1) is 15.5. The number of nitrogens with zero attached hydrogens (tertiary/aromatic N) is 1. The van der Waals surface area contributed by atoms with Crippen molar-refractivity contribution in [2.45, 2.75) is 53.1 Å². The molecule has 1 aliphatic heterocycles. The van der Waals surface area contributed by atoms with Crippen LogP contribution in [0.2, 0.25) is 0 Å². The van der Waals surface area contributed by atoms with Gasteiger partial charge in [0, 0.05) is 25.2 Å². The van der Waals surface area contributed by atoms with E-state index >= 15 is 0 Å². The topological polar surface area (TPSA) is 29.3 Å².